The highest BCUT2D eigenvalue weighted by Crippen LogP contribution is 2.31. The Labute approximate surface area is 86.9 Å². The molecule has 0 aliphatic rings. The van der Waals surface area contributed by atoms with Gasteiger partial charge in [0.1, 0.15) is 5.75 Å². The fourth-order valence-electron chi connectivity index (χ4n) is 1.09. The normalized spacial score (nSPS) is 9.93. The number of nitrogens with two attached hydrogens (primary N) is 1. The van der Waals surface area contributed by atoms with Crippen molar-refractivity contribution in [1.82, 2.24) is 0 Å². The minimum atomic E-state index is -0.699. The van der Waals surface area contributed by atoms with E-state index in [1.54, 1.807) is 19.0 Å². The zero-order chi connectivity index (χ0) is 10.9. The maximum atomic E-state index is 10.8. The average Bonchev–Trinajstić information content (AvgIpc) is 2.07. The van der Waals surface area contributed by atoms with E-state index in [2.05, 4.69) is 0 Å². The van der Waals surface area contributed by atoms with Crippen molar-refractivity contribution >= 4 is 23.2 Å². The van der Waals surface area contributed by atoms with Gasteiger partial charge in [0, 0.05) is 20.2 Å². The molecule has 0 radical (unpaired) electrons. The molecule has 0 bridgehead atoms. The van der Waals surface area contributed by atoms with Gasteiger partial charge < -0.3 is 15.7 Å². The van der Waals surface area contributed by atoms with Crippen LogP contribution in [0.3, 0.4) is 0 Å². The van der Waals surface area contributed by atoms with E-state index in [1.807, 2.05) is 0 Å². The van der Waals surface area contributed by atoms with E-state index in [4.69, 9.17) is 17.3 Å². The maximum absolute atomic E-state index is 10.8. The van der Waals surface area contributed by atoms with Gasteiger partial charge in [0.15, 0.2) is 0 Å². The van der Waals surface area contributed by atoms with Crippen molar-refractivity contribution in [2.45, 2.75) is 0 Å². The van der Waals surface area contributed by atoms with Gasteiger partial charge in [0.05, 0.1) is 16.3 Å². The van der Waals surface area contributed by atoms with Crippen molar-refractivity contribution in [2.75, 3.05) is 19.0 Å². The van der Waals surface area contributed by atoms with E-state index < -0.39 is 5.91 Å². The van der Waals surface area contributed by atoms with Crippen LogP contribution < -0.4 is 10.6 Å². The summed E-state index contributed by atoms with van der Waals surface area (Å²) >= 11 is 5.88. The van der Waals surface area contributed by atoms with Gasteiger partial charge in [-0.15, -0.1) is 0 Å². The molecule has 1 aromatic carbocycles. The molecule has 0 fully saturated rings. The van der Waals surface area contributed by atoms with Gasteiger partial charge in [-0.25, -0.2) is 0 Å². The van der Waals surface area contributed by atoms with Crippen LogP contribution in [0.1, 0.15) is 10.4 Å². The molecule has 1 aromatic rings. The van der Waals surface area contributed by atoms with Crippen LogP contribution >= 0.6 is 11.6 Å². The minimum absolute atomic E-state index is 0.0283. The Balaban J connectivity index is 3.31. The van der Waals surface area contributed by atoms with Crippen LogP contribution in [0.15, 0.2) is 12.1 Å². The summed E-state index contributed by atoms with van der Waals surface area (Å²) in [7, 11) is 3.56. The molecule has 0 spiro atoms. The number of hydrogen-bond donors (Lipinski definition) is 2. The highest BCUT2D eigenvalue weighted by Gasteiger charge is 2.12. The molecule has 0 saturated heterocycles. The van der Waals surface area contributed by atoms with E-state index in [-0.39, 0.29) is 11.3 Å². The van der Waals surface area contributed by atoms with Gasteiger partial charge in [-0.05, 0) is 6.07 Å². The summed E-state index contributed by atoms with van der Waals surface area (Å²) in [6.07, 6.45) is 0. The molecule has 0 unspecified atom stereocenters. The number of carbonyl (C=O) groups is 1. The molecule has 0 aliphatic heterocycles. The SMILES string of the molecule is CN(C)c1cc(O)c(C(N)=O)cc1Cl. The molecule has 3 N–H and O–H groups in total. The highest BCUT2D eigenvalue weighted by molar-refractivity contribution is 6.33. The zero-order valence-electron chi connectivity index (χ0n) is 7.91. The second-order valence-corrected chi connectivity index (χ2v) is 3.49. The lowest BCUT2D eigenvalue weighted by atomic mass is 10.1. The van der Waals surface area contributed by atoms with Crippen LogP contribution in [0.4, 0.5) is 5.69 Å². The first-order valence-corrected chi connectivity index (χ1v) is 4.31. The van der Waals surface area contributed by atoms with Crippen molar-refractivity contribution < 1.29 is 9.90 Å². The van der Waals surface area contributed by atoms with Crippen molar-refractivity contribution in [1.29, 1.82) is 0 Å². The second kappa shape index (κ2) is 3.75. The third-order valence-electron chi connectivity index (χ3n) is 1.81. The number of carbonyl (C=O) groups excluding carboxylic acids is 1. The fourth-order valence-corrected chi connectivity index (χ4v) is 1.42. The maximum Gasteiger partial charge on any atom is 0.252 e. The lowest BCUT2D eigenvalue weighted by Crippen LogP contribution is -2.13. The summed E-state index contributed by atoms with van der Waals surface area (Å²) in [5.74, 6) is -0.861. The Bertz CT molecular complexity index is 377. The number of aromatic hydroxyl groups is 1. The molecular weight excluding hydrogens is 204 g/mol. The molecule has 0 heterocycles. The lowest BCUT2D eigenvalue weighted by molar-refractivity contribution is 0.0998. The molecule has 1 amide bonds. The molecule has 1 rings (SSSR count). The van der Waals surface area contributed by atoms with E-state index in [0.717, 1.165) is 0 Å². The number of amides is 1. The number of hydrogen-bond acceptors (Lipinski definition) is 3. The Kier molecular flexibility index (Phi) is 2.86. The van der Waals surface area contributed by atoms with Gasteiger partial charge in [0.2, 0.25) is 0 Å². The topological polar surface area (TPSA) is 66.6 Å². The summed E-state index contributed by atoms with van der Waals surface area (Å²) in [6, 6.07) is 2.76. The number of anilines is 1. The fraction of sp³-hybridized carbons (Fsp3) is 0.222. The Morgan fingerprint density at radius 2 is 2.07 bits per heavy atom. The Morgan fingerprint density at radius 3 is 2.50 bits per heavy atom. The predicted molar refractivity (Wildman–Crippen MR) is 56.0 cm³/mol. The standard InChI is InChI=1S/C9H11ClN2O2/c1-12(2)7-4-8(13)5(9(11)14)3-6(7)10/h3-4,13H,1-2H3,(H2,11,14). The van der Waals surface area contributed by atoms with Crippen molar-refractivity contribution in [3.05, 3.63) is 22.7 Å². The van der Waals surface area contributed by atoms with Gasteiger partial charge in [-0.1, -0.05) is 11.6 Å². The Hall–Kier alpha value is -1.42. The first-order chi connectivity index (χ1) is 6.43. The number of primary amides is 1. The van der Waals surface area contributed by atoms with Crippen LogP contribution in [0.25, 0.3) is 0 Å². The van der Waals surface area contributed by atoms with Crippen molar-refractivity contribution in [3.63, 3.8) is 0 Å². The molecule has 0 atom stereocenters. The molecule has 14 heavy (non-hydrogen) atoms. The highest BCUT2D eigenvalue weighted by atomic mass is 35.5. The van der Waals surface area contributed by atoms with Gasteiger partial charge in [0.25, 0.3) is 5.91 Å². The summed E-state index contributed by atoms with van der Waals surface area (Å²) in [5, 5.41) is 9.83. The first-order valence-electron chi connectivity index (χ1n) is 3.93. The smallest absolute Gasteiger partial charge is 0.252 e. The van der Waals surface area contributed by atoms with Crippen LogP contribution in [-0.4, -0.2) is 25.1 Å². The van der Waals surface area contributed by atoms with E-state index in [1.165, 1.54) is 12.1 Å². The van der Waals surface area contributed by atoms with Crippen LogP contribution in [0.5, 0.6) is 5.75 Å². The predicted octanol–water partition coefficient (Wildman–Crippen LogP) is 1.21. The van der Waals surface area contributed by atoms with Crippen LogP contribution in [-0.2, 0) is 0 Å². The van der Waals surface area contributed by atoms with Crippen LogP contribution in [0, 0.1) is 0 Å². The first kappa shape index (κ1) is 10.7. The third kappa shape index (κ3) is 1.90. The Morgan fingerprint density at radius 1 is 1.50 bits per heavy atom. The zero-order valence-corrected chi connectivity index (χ0v) is 8.67. The van der Waals surface area contributed by atoms with Gasteiger partial charge >= 0.3 is 0 Å². The van der Waals surface area contributed by atoms with E-state index >= 15 is 0 Å². The summed E-state index contributed by atoms with van der Waals surface area (Å²) in [6.45, 7) is 0. The summed E-state index contributed by atoms with van der Waals surface area (Å²) < 4.78 is 0. The molecule has 4 nitrogen and oxygen atoms in total. The number of benzene rings is 1. The van der Waals surface area contributed by atoms with Crippen molar-refractivity contribution in [3.8, 4) is 5.75 Å². The molecule has 0 saturated carbocycles. The number of phenols is 1. The second-order valence-electron chi connectivity index (χ2n) is 3.08. The lowest BCUT2D eigenvalue weighted by Gasteiger charge is -2.15. The van der Waals surface area contributed by atoms with E-state index in [9.17, 15) is 9.90 Å². The van der Waals surface area contributed by atoms with Gasteiger partial charge in [-0.3, -0.25) is 4.79 Å². The largest absolute Gasteiger partial charge is 0.507 e. The minimum Gasteiger partial charge on any atom is -0.507 e. The van der Waals surface area contributed by atoms with Gasteiger partial charge in [-0.2, -0.15) is 0 Å². The monoisotopic (exact) mass is 214 g/mol. The number of rotatable bonds is 2. The summed E-state index contributed by atoms with van der Waals surface area (Å²) in [4.78, 5) is 12.6. The summed E-state index contributed by atoms with van der Waals surface area (Å²) in [5.41, 5.74) is 5.70. The molecule has 5 heteroatoms. The third-order valence-corrected chi connectivity index (χ3v) is 2.12. The van der Waals surface area contributed by atoms with E-state index in [0.29, 0.717) is 10.7 Å². The molecule has 0 aromatic heterocycles. The average molecular weight is 215 g/mol. The number of halogens is 1. The van der Waals surface area contributed by atoms with Crippen molar-refractivity contribution in [2.24, 2.45) is 5.73 Å². The molecular formula is C9H11ClN2O2. The molecule has 0 aliphatic carbocycles. The van der Waals surface area contributed by atoms with Crippen LogP contribution in [0.2, 0.25) is 5.02 Å². The molecule has 76 valence electrons. The number of nitrogens with zero attached hydrogens (tertiary/aromatic N) is 1. The quantitative estimate of drug-likeness (QED) is 0.778.